The lowest BCUT2D eigenvalue weighted by Gasteiger charge is -2.17. The van der Waals surface area contributed by atoms with Crippen LogP contribution in [0.3, 0.4) is 0 Å². The van der Waals surface area contributed by atoms with Gasteiger partial charge in [0.2, 0.25) is 0 Å². The van der Waals surface area contributed by atoms with Gasteiger partial charge in [-0.15, -0.1) is 0 Å². The third-order valence-corrected chi connectivity index (χ3v) is 5.46. The first-order chi connectivity index (χ1) is 13.2. The molecule has 0 aliphatic rings. The van der Waals surface area contributed by atoms with Crippen LogP contribution in [0.5, 0.6) is 11.5 Å². The van der Waals surface area contributed by atoms with Crippen molar-refractivity contribution >= 4 is 22.0 Å². The second kappa shape index (κ2) is 8.83. The van der Waals surface area contributed by atoms with Crippen molar-refractivity contribution in [1.82, 2.24) is 4.47 Å². The number of hydrogen-bond acceptors (Lipinski definition) is 8. The number of carbonyl (C=O) groups is 2. The fourth-order valence-electron chi connectivity index (χ4n) is 2.18. The van der Waals surface area contributed by atoms with E-state index in [2.05, 4.69) is 4.74 Å². The first-order valence-electron chi connectivity index (χ1n) is 7.86. The molecule has 0 aliphatic heterocycles. The molecule has 0 aromatic heterocycles. The zero-order valence-electron chi connectivity index (χ0n) is 15.7. The number of esters is 2. The maximum atomic E-state index is 12.5. The molecular formula is C18H19NO8S. The predicted octanol–water partition coefficient (Wildman–Crippen LogP) is 1.88. The second-order valence-corrected chi connectivity index (χ2v) is 7.27. The summed E-state index contributed by atoms with van der Waals surface area (Å²) in [7, 11) is 0.918. The van der Waals surface area contributed by atoms with E-state index in [9.17, 15) is 18.0 Å². The third kappa shape index (κ3) is 4.47. The summed E-state index contributed by atoms with van der Waals surface area (Å²) in [4.78, 5) is 28.3. The van der Waals surface area contributed by atoms with Crippen LogP contribution in [-0.2, 0) is 19.6 Å². The molecule has 150 valence electrons. The summed E-state index contributed by atoms with van der Waals surface area (Å²) in [5, 5.41) is 0. The summed E-state index contributed by atoms with van der Waals surface area (Å²) in [5.41, 5.74) is 0.281. The lowest BCUT2D eigenvalue weighted by molar-refractivity contribution is -0.0259. The standard InChI is InChI=1S/C18H19NO8S/c1-19(26-4)28(22,23)16-11-13(7-10-15(16)24-2)18(21)27-14-8-5-12(6-9-14)17(20)25-3/h5-11H,1-4H3. The van der Waals surface area contributed by atoms with Crippen LogP contribution >= 0.6 is 0 Å². The van der Waals surface area contributed by atoms with Gasteiger partial charge in [-0.2, -0.15) is 0 Å². The minimum atomic E-state index is -4.05. The highest BCUT2D eigenvalue weighted by Crippen LogP contribution is 2.28. The molecule has 0 N–H and O–H groups in total. The van der Waals surface area contributed by atoms with Crippen molar-refractivity contribution in [2.75, 3.05) is 28.4 Å². The van der Waals surface area contributed by atoms with Gasteiger partial charge in [0.1, 0.15) is 16.4 Å². The molecule has 0 saturated carbocycles. The zero-order chi connectivity index (χ0) is 20.9. The van der Waals surface area contributed by atoms with Gasteiger partial charge in [-0.3, -0.25) is 4.84 Å². The van der Waals surface area contributed by atoms with E-state index in [1.165, 1.54) is 64.8 Å². The molecule has 2 rings (SSSR count). The van der Waals surface area contributed by atoms with Gasteiger partial charge in [-0.25, -0.2) is 18.0 Å². The van der Waals surface area contributed by atoms with E-state index >= 15 is 0 Å². The van der Waals surface area contributed by atoms with E-state index < -0.39 is 22.0 Å². The largest absolute Gasteiger partial charge is 0.495 e. The first kappa shape index (κ1) is 21.4. The molecule has 0 bridgehead atoms. The maximum absolute atomic E-state index is 12.5. The van der Waals surface area contributed by atoms with E-state index in [1.54, 1.807) is 0 Å². The molecule has 0 heterocycles. The second-order valence-electron chi connectivity index (χ2n) is 5.37. The molecule has 2 aromatic rings. The number of rotatable bonds is 7. The van der Waals surface area contributed by atoms with Gasteiger partial charge in [-0.1, -0.05) is 4.47 Å². The van der Waals surface area contributed by atoms with Crippen LogP contribution in [0, 0.1) is 0 Å². The maximum Gasteiger partial charge on any atom is 0.343 e. The van der Waals surface area contributed by atoms with E-state index in [4.69, 9.17) is 14.3 Å². The Kier molecular flexibility index (Phi) is 6.73. The Labute approximate surface area is 162 Å². The van der Waals surface area contributed by atoms with Crippen molar-refractivity contribution in [2.24, 2.45) is 0 Å². The topological polar surface area (TPSA) is 108 Å². The minimum absolute atomic E-state index is 0.0130. The summed E-state index contributed by atoms with van der Waals surface area (Å²) >= 11 is 0. The Morgan fingerprint density at radius 2 is 1.50 bits per heavy atom. The Bertz CT molecular complexity index is 970. The van der Waals surface area contributed by atoms with Crippen molar-refractivity contribution < 1.29 is 37.1 Å². The number of sulfonamides is 1. The Hall–Kier alpha value is -2.95. The van der Waals surface area contributed by atoms with Crippen LogP contribution in [-0.4, -0.2) is 53.2 Å². The fourth-order valence-corrected chi connectivity index (χ4v) is 3.34. The third-order valence-electron chi connectivity index (χ3n) is 3.76. The van der Waals surface area contributed by atoms with Crippen molar-refractivity contribution in [3.8, 4) is 11.5 Å². The van der Waals surface area contributed by atoms with Crippen LogP contribution in [0.2, 0.25) is 0 Å². The average molecular weight is 409 g/mol. The smallest absolute Gasteiger partial charge is 0.343 e. The molecule has 0 fully saturated rings. The van der Waals surface area contributed by atoms with Crippen LogP contribution < -0.4 is 9.47 Å². The quantitative estimate of drug-likeness (QED) is 0.387. The monoisotopic (exact) mass is 409 g/mol. The summed E-state index contributed by atoms with van der Waals surface area (Å²) in [5.74, 6) is -1.09. The molecular weight excluding hydrogens is 390 g/mol. The van der Waals surface area contributed by atoms with Gasteiger partial charge < -0.3 is 14.2 Å². The van der Waals surface area contributed by atoms with E-state index in [0.717, 1.165) is 6.07 Å². The van der Waals surface area contributed by atoms with E-state index in [0.29, 0.717) is 10.0 Å². The number of ether oxygens (including phenoxy) is 3. The molecule has 0 spiro atoms. The van der Waals surface area contributed by atoms with Gasteiger partial charge in [0, 0.05) is 7.05 Å². The molecule has 0 radical (unpaired) electrons. The molecule has 9 nitrogen and oxygen atoms in total. The molecule has 10 heteroatoms. The molecule has 0 saturated heterocycles. The van der Waals surface area contributed by atoms with Gasteiger partial charge in [-0.05, 0) is 42.5 Å². The normalized spacial score (nSPS) is 11.2. The highest BCUT2D eigenvalue weighted by molar-refractivity contribution is 7.89. The number of hydrogen-bond donors (Lipinski definition) is 0. The molecule has 0 atom stereocenters. The highest BCUT2D eigenvalue weighted by Gasteiger charge is 2.27. The molecule has 28 heavy (non-hydrogen) atoms. The van der Waals surface area contributed by atoms with Crippen molar-refractivity contribution in [3.05, 3.63) is 53.6 Å². The Morgan fingerprint density at radius 1 is 0.893 bits per heavy atom. The van der Waals surface area contributed by atoms with Gasteiger partial charge in [0.25, 0.3) is 10.0 Å². The van der Waals surface area contributed by atoms with Crippen LogP contribution in [0.4, 0.5) is 0 Å². The van der Waals surface area contributed by atoms with Gasteiger partial charge in [0.05, 0.1) is 32.5 Å². The number of nitrogens with zero attached hydrogens (tertiary/aromatic N) is 1. The van der Waals surface area contributed by atoms with Crippen molar-refractivity contribution in [1.29, 1.82) is 0 Å². The fraction of sp³-hybridized carbons (Fsp3) is 0.222. The highest BCUT2D eigenvalue weighted by atomic mass is 32.2. The summed E-state index contributed by atoms with van der Waals surface area (Å²) < 4.78 is 40.6. The van der Waals surface area contributed by atoms with Crippen LogP contribution in [0.15, 0.2) is 47.4 Å². The molecule has 2 aromatic carbocycles. The van der Waals surface area contributed by atoms with Crippen molar-refractivity contribution in [3.63, 3.8) is 0 Å². The summed E-state index contributed by atoms with van der Waals surface area (Å²) in [6.07, 6.45) is 0. The van der Waals surface area contributed by atoms with Crippen LogP contribution in [0.25, 0.3) is 0 Å². The molecule has 0 amide bonds. The Balaban J connectivity index is 2.31. The van der Waals surface area contributed by atoms with E-state index in [-0.39, 0.29) is 22.0 Å². The van der Waals surface area contributed by atoms with Gasteiger partial charge >= 0.3 is 11.9 Å². The zero-order valence-corrected chi connectivity index (χ0v) is 16.5. The first-order valence-corrected chi connectivity index (χ1v) is 9.30. The number of carbonyl (C=O) groups excluding carboxylic acids is 2. The molecule has 0 aliphatic carbocycles. The summed E-state index contributed by atoms with van der Waals surface area (Å²) in [6.45, 7) is 0. The lowest BCUT2D eigenvalue weighted by Crippen LogP contribution is -2.26. The number of hydroxylamine groups is 1. The van der Waals surface area contributed by atoms with E-state index in [1.807, 2.05) is 0 Å². The lowest BCUT2D eigenvalue weighted by atomic mass is 10.2. The number of methoxy groups -OCH3 is 2. The average Bonchev–Trinajstić information content (AvgIpc) is 2.72. The SMILES string of the molecule is COC(=O)c1ccc(OC(=O)c2ccc(OC)c(S(=O)(=O)N(C)OC)c2)cc1. The van der Waals surface area contributed by atoms with Gasteiger partial charge in [0.15, 0.2) is 0 Å². The van der Waals surface area contributed by atoms with Crippen molar-refractivity contribution in [2.45, 2.75) is 4.90 Å². The molecule has 0 unspecified atom stereocenters. The minimum Gasteiger partial charge on any atom is -0.495 e. The summed E-state index contributed by atoms with van der Waals surface area (Å²) in [6, 6.07) is 9.56. The Morgan fingerprint density at radius 3 is 2.04 bits per heavy atom. The van der Waals surface area contributed by atoms with Crippen LogP contribution in [0.1, 0.15) is 20.7 Å². The predicted molar refractivity (Wildman–Crippen MR) is 97.7 cm³/mol. The number of benzene rings is 2.